The second-order valence-corrected chi connectivity index (χ2v) is 5.01. The summed E-state index contributed by atoms with van der Waals surface area (Å²) in [7, 11) is 0. The molecule has 0 amide bonds. The lowest BCUT2D eigenvalue weighted by Gasteiger charge is -2.39. The molecule has 0 aromatic heterocycles. The van der Waals surface area contributed by atoms with Crippen LogP contribution in [0.5, 0.6) is 5.75 Å². The Morgan fingerprint density at radius 3 is 2.28 bits per heavy atom. The topological polar surface area (TPSA) is 46.2 Å². The maximum atomic E-state index is 13.4. The van der Waals surface area contributed by atoms with Crippen LogP contribution in [0, 0.1) is 5.82 Å². The third kappa shape index (κ3) is 2.32. The fraction of sp³-hybridized carbons (Fsp3) is 0.538. The van der Waals surface area contributed by atoms with Crippen LogP contribution >= 0.6 is 0 Å². The third-order valence-electron chi connectivity index (χ3n) is 3.89. The Morgan fingerprint density at radius 1 is 1.17 bits per heavy atom. The number of benzene rings is 1. The Labute approximate surface area is 104 Å². The molecule has 1 fully saturated rings. The highest BCUT2D eigenvalue weighted by Gasteiger charge is 2.43. The van der Waals surface area contributed by atoms with Crippen molar-refractivity contribution in [1.82, 2.24) is 0 Å². The van der Waals surface area contributed by atoms with E-state index >= 15 is 0 Å². The van der Waals surface area contributed by atoms with Gasteiger partial charge in [0.1, 0.15) is 0 Å². The van der Waals surface area contributed by atoms with E-state index < -0.39 is 22.9 Å². The monoisotopic (exact) mass is 259 g/mol. The molecule has 1 aromatic carbocycles. The second kappa shape index (κ2) is 4.46. The second-order valence-electron chi connectivity index (χ2n) is 5.01. The molecule has 100 valence electrons. The van der Waals surface area contributed by atoms with E-state index in [9.17, 15) is 13.2 Å². The Kier molecular flexibility index (Phi) is 3.27. The minimum absolute atomic E-state index is 0.202. The van der Waals surface area contributed by atoms with Gasteiger partial charge in [0.05, 0.1) is 0 Å². The van der Waals surface area contributed by atoms with Crippen molar-refractivity contribution in [3.05, 3.63) is 29.6 Å². The van der Waals surface area contributed by atoms with Gasteiger partial charge >= 0.3 is 0 Å². The number of rotatable bonds is 2. The van der Waals surface area contributed by atoms with Crippen LogP contribution in [0.25, 0.3) is 0 Å². The Balaban J connectivity index is 2.30. The minimum Gasteiger partial charge on any atom is -0.505 e. The van der Waals surface area contributed by atoms with Gasteiger partial charge in [0, 0.05) is 24.8 Å². The fourth-order valence-electron chi connectivity index (χ4n) is 2.54. The van der Waals surface area contributed by atoms with Crippen LogP contribution in [-0.4, -0.2) is 17.6 Å². The van der Waals surface area contributed by atoms with Gasteiger partial charge in [-0.05, 0) is 30.5 Å². The standard InChI is InChI=1S/C13H16F3NO/c14-10-7-9(1-2-11(10)18)12(8-17)3-5-13(15,16)6-4-12/h1-2,7,18H,3-6,8,17H2. The molecule has 2 rings (SSSR count). The SMILES string of the molecule is NCC1(c2ccc(O)c(F)c2)CCC(F)(F)CC1. The van der Waals surface area contributed by atoms with Crippen LogP contribution in [-0.2, 0) is 5.41 Å². The Morgan fingerprint density at radius 2 is 1.78 bits per heavy atom. The highest BCUT2D eigenvalue weighted by Crippen LogP contribution is 2.45. The molecular weight excluding hydrogens is 243 g/mol. The number of alkyl halides is 2. The summed E-state index contributed by atoms with van der Waals surface area (Å²) in [5.74, 6) is -3.82. The largest absolute Gasteiger partial charge is 0.505 e. The van der Waals surface area contributed by atoms with Gasteiger partial charge in [-0.3, -0.25) is 0 Å². The van der Waals surface area contributed by atoms with E-state index in [1.807, 2.05) is 0 Å². The lowest BCUT2D eigenvalue weighted by molar-refractivity contribution is -0.0509. The highest BCUT2D eigenvalue weighted by atomic mass is 19.3. The van der Waals surface area contributed by atoms with Gasteiger partial charge in [0.15, 0.2) is 11.6 Å². The maximum Gasteiger partial charge on any atom is 0.248 e. The quantitative estimate of drug-likeness (QED) is 0.857. The first-order valence-electron chi connectivity index (χ1n) is 5.95. The number of hydrogen-bond acceptors (Lipinski definition) is 2. The number of halogens is 3. The average molecular weight is 259 g/mol. The first kappa shape index (κ1) is 13.2. The van der Waals surface area contributed by atoms with E-state index in [1.54, 1.807) is 6.07 Å². The average Bonchev–Trinajstić information content (AvgIpc) is 2.34. The van der Waals surface area contributed by atoms with Gasteiger partial charge in [-0.15, -0.1) is 0 Å². The van der Waals surface area contributed by atoms with Crippen LogP contribution in [0.2, 0.25) is 0 Å². The van der Waals surface area contributed by atoms with E-state index in [0.29, 0.717) is 5.56 Å². The van der Waals surface area contributed by atoms with Gasteiger partial charge in [-0.2, -0.15) is 0 Å². The zero-order valence-electron chi connectivity index (χ0n) is 9.93. The zero-order chi connectivity index (χ0) is 13.4. The first-order valence-corrected chi connectivity index (χ1v) is 5.95. The summed E-state index contributed by atoms with van der Waals surface area (Å²) in [5, 5.41) is 9.16. The van der Waals surface area contributed by atoms with Crippen molar-refractivity contribution in [1.29, 1.82) is 0 Å². The number of nitrogens with two attached hydrogens (primary N) is 1. The number of phenols is 1. The molecular formula is C13H16F3NO. The van der Waals surface area contributed by atoms with Gasteiger partial charge in [-0.25, -0.2) is 13.2 Å². The first-order chi connectivity index (χ1) is 8.38. The summed E-state index contributed by atoms with van der Waals surface area (Å²) < 4.78 is 39.7. The van der Waals surface area contributed by atoms with Crippen molar-refractivity contribution in [3.63, 3.8) is 0 Å². The predicted molar refractivity (Wildman–Crippen MR) is 62.2 cm³/mol. The van der Waals surface area contributed by atoms with E-state index in [4.69, 9.17) is 10.8 Å². The van der Waals surface area contributed by atoms with Crippen molar-refractivity contribution in [2.24, 2.45) is 5.73 Å². The molecule has 2 nitrogen and oxygen atoms in total. The number of phenolic OH excluding ortho intramolecular Hbond substituents is 1. The smallest absolute Gasteiger partial charge is 0.248 e. The van der Waals surface area contributed by atoms with Gasteiger partial charge < -0.3 is 10.8 Å². The van der Waals surface area contributed by atoms with Crippen molar-refractivity contribution < 1.29 is 18.3 Å². The summed E-state index contributed by atoms with van der Waals surface area (Å²) in [6.45, 7) is 0.202. The molecule has 0 heterocycles. The van der Waals surface area contributed by atoms with Crippen molar-refractivity contribution in [3.8, 4) is 5.75 Å². The van der Waals surface area contributed by atoms with Gasteiger partial charge in [-0.1, -0.05) is 6.07 Å². The normalized spacial score (nSPS) is 21.8. The molecule has 0 spiro atoms. The van der Waals surface area contributed by atoms with Crippen LogP contribution in [0.3, 0.4) is 0 Å². The van der Waals surface area contributed by atoms with Crippen LogP contribution in [0.15, 0.2) is 18.2 Å². The molecule has 1 saturated carbocycles. The van der Waals surface area contributed by atoms with E-state index in [0.717, 1.165) is 0 Å². The van der Waals surface area contributed by atoms with E-state index in [1.165, 1.54) is 12.1 Å². The summed E-state index contributed by atoms with van der Waals surface area (Å²) in [6.07, 6.45) is 0.0147. The number of hydrogen-bond donors (Lipinski definition) is 2. The molecule has 5 heteroatoms. The lowest BCUT2D eigenvalue weighted by Crippen LogP contribution is -2.42. The van der Waals surface area contributed by atoms with E-state index in [-0.39, 0.29) is 32.2 Å². The molecule has 0 atom stereocenters. The lowest BCUT2D eigenvalue weighted by atomic mass is 9.68. The molecule has 1 aliphatic rings. The van der Waals surface area contributed by atoms with Crippen LogP contribution in [0.1, 0.15) is 31.2 Å². The van der Waals surface area contributed by atoms with Gasteiger partial charge in [0.25, 0.3) is 0 Å². The molecule has 3 N–H and O–H groups in total. The predicted octanol–water partition coefficient (Wildman–Crippen LogP) is 2.94. The summed E-state index contributed by atoms with van der Waals surface area (Å²) in [4.78, 5) is 0. The molecule has 0 unspecified atom stereocenters. The van der Waals surface area contributed by atoms with Crippen molar-refractivity contribution >= 4 is 0 Å². The molecule has 0 radical (unpaired) electrons. The molecule has 18 heavy (non-hydrogen) atoms. The fourth-order valence-corrected chi connectivity index (χ4v) is 2.54. The van der Waals surface area contributed by atoms with Crippen molar-refractivity contribution in [2.45, 2.75) is 37.0 Å². The van der Waals surface area contributed by atoms with Gasteiger partial charge in [0.2, 0.25) is 5.92 Å². The summed E-state index contributed by atoms with van der Waals surface area (Å²) in [5.41, 5.74) is 5.71. The number of aromatic hydroxyl groups is 1. The molecule has 1 aromatic rings. The Hall–Kier alpha value is -1.23. The van der Waals surface area contributed by atoms with Crippen molar-refractivity contribution in [2.75, 3.05) is 6.54 Å². The maximum absolute atomic E-state index is 13.4. The molecule has 0 saturated heterocycles. The summed E-state index contributed by atoms with van der Waals surface area (Å²) >= 11 is 0. The molecule has 0 bridgehead atoms. The van der Waals surface area contributed by atoms with E-state index in [2.05, 4.69) is 0 Å². The molecule has 0 aliphatic heterocycles. The summed E-state index contributed by atoms with van der Waals surface area (Å²) in [6, 6.07) is 4.01. The zero-order valence-corrected chi connectivity index (χ0v) is 9.93. The highest BCUT2D eigenvalue weighted by molar-refractivity contribution is 5.34. The van der Waals surface area contributed by atoms with Crippen LogP contribution in [0.4, 0.5) is 13.2 Å². The molecule has 1 aliphatic carbocycles. The Bertz CT molecular complexity index is 438. The third-order valence-corrected chi connectivity index (χ3v) is 3.89. The minimum atomic E-state index is -2.64. The van der Waals surface area contributed by atoms with Crippen LogP contribution < -0.4 is 5.73 Å².